The number of aliphatic carboxylic acids is 2. The maximum absolute atomic E-state index is 13.2. The van der Waals surface area contributed by atoms with Gasteiger partial charge in [-0.3, -0.25) is 14.5 Å². The van der Waals surface area contributed by atoms with Gasteiger partial charge in [-0.15, -0.1) is 0 Å². The third-order valence-corrected chi connectivity index (χ3v) is 14.2. The molecule has 0 aromatic carbocycles. The first kappa shape index (κ1) is 40.4. The summed E-state index contributed by atoms with van der Waals surface area (Å²) in [4.78, 5) is 40.5. The number of allylic oxidation sites excluding steroid dienone is 2. The lowest BCUT2D eigenvalue weighted by Crippen LogP contribution is -3.00. The van der Waals surface area contributed by atoms with Crippen molar-refractivity contribution in [2.75, 3.05) is 41.3 Å². The number of rotatable bonds is 14. The number of carbonyl (C=O) groups excluding carboxylic acids is 1. The summed E-state index contributed by atoms with van der Waals surface area (Å²) in [5, 5.41) is 20.3. The molecule has 0 aliphatic heterocycles. The van der Waals surface area contributed by atoms with Crippen LogP contribution in [-0.4, -0.2) is 84.6 Å². The minimum absolute atomic E-state index is 0. The van der Waals surface area contributed by atoms with Gasteiger partial charge in [0.05, 0.1) is 27.7 Å². The fourth-order valence-electron chi connectivity index (χ4n) is 11.6. The summed E-state index contributed by atoms with van der Waals surface area (Å²) in [6, 6.07) is -0.208. The zero-order chi connectivity index (χ0) is 34.4. The summed E-state index contributed by atoms with van der Waals surface area (Å²) in [5.74, 6) is -1.50. The van der Waals surface area contributed by atoms with Crippen LogP contribution in [0.5, 0.6) is 0 Å². The second kappa shape index (κ2) is 15.1. The van der Waals surface area contributed by atoms with Gasteiger partial charge in [0.25, 0.3) is 5.78 Å². The Morgan fingerprint density at radius 2 is 1.68 bits per heavy atom. The van der Waals surface area contributed by atoms with E-state index in [-0.39, 0.29) is 35.4 Å². The summed E-state index contributed by atoms with van der Waals surface area (Å²) in [5.41, 5.74) is 0.600. The highest BCUT2D eigenvalue weighted by Gasteiger charge is 2.64. The number of nitrogens with zero attached hydrogens (tertiary/aromatic N) is 2. The Morgan fingerprint density at radius 1 is 1.02 bits per heavy atom. The van der Waals surface area contributed by atoms with Crippen molar-refractivity contribution in [3.05, 3.63) is 11.6 Å². The second-order valence-electron chi connectivity index (χ2n) is 18.2. The van der Waals surface area contributed by atoms with Gasteiger partial charge in [0, 0.05) is 18.0 Å². The van der Waals surface area contributed by atoms with Crippen LogP contribution < -0.4 is 24.0 Å². The smallest absolute Gasteiger partial charge is 0.373 e. The van der Waals surface area contributed by atoms with Crippen LogP contribution in [0, 0.1) is 57.7 Å². The lowest BCUT2D eigenvalue weighted by molar-refractivity contribution is -0.869. The average Bonchev–Trinajstić information content (AvgIpc) is 3.32. The van der Waals surface area contributed by atoms with Crippen LogP contribution in [-0.2, 0) is 14.4 Å². The SMILES string of the molecule is CCC1([C@H](C(=O)O)C(=O)C(=O)O)CC2=CCC3C(CC[C@@]4(C)C3CC[C@@H]4[C@H](C)CCCC(C)C)[C@@]2(C)CC1N(C)CC[N+](C)(C)C.[I-]. The number of ketones is 1. The Labute approximate surface area is 303 Å². The van der Waals surface area contributed by atoms with Gasteiger partial charge < -0.3 is 38.7 Å². The van der Waals surface area contributed by atoms with Crippen LogP contribution in [0.15, 0.2) is 11.6 Å². The number of Topliss-reactive ketones (excluding diaryl/α,β-unsaturated/α-hetero) is 1. The number of likely N-dealkylation sites (N-methyl/N-ethyl adjacent to an activating group) is 2. The van der Waals surface area contributed by atoms with E-state index in [0.29, 0.717) is 36.0 Å². The van der Waals surface area contributed by atoms with E-state index in [0.717, 1.165) is 48.2 Å². The van der Waals surface area contributed by atoms with Crippen molar-refractivity contribution in [1.29, 1.82) is 0 Å². The predicted octanol–water partition coefficient (Wildman–Crippen LogP) is 4.40. The Bertz CT molecular complexity index is 1180. The molecule has 3 fully saturated rings. The Morgan fingerprint density at radius 3 is 2.23 bits per heavy atom. The number of hydrogen-bond acceptors (Lipinski definition) is 4. The highest BCUT2D eigenvalue weighted by atomic mass is 127. The van der Waals surface area contributed by atoms with Gasteiger partial charge in [0.1, 0.15) is 5.92 Å². The van der Waals surface area contributed by atoms with E-state index in [2.05, 4.69) is 73.8 Å². The molecule has 5 unspecified atom stereocenters. The van der Waals surface area contributed by atoms with Crippen molar-refractivity contribution in [2.45, 2.75) is 118 Å². The number of fused-ring (bicyclic) bond motifs is 5. The van der Waals surface area contributed by atoms with E-state index in [4.69, 9.17) is 0 Å². The van der Waals surface area contributed by atoms with Gasteiger partial charge >= 0.3 is 11.9 Å². The molecule has 0 aromatic rings. The molecular formula is C39H67IN2O5. The van der Waals surface area contributed by atoms with Gasteiger partial charge in [0.15, 0.2) is 0 Å². The minimum Gasteiger partial charge on any atom is -1.00 e. The van der Waals surface area contributed by atoms with E-state index in [1.54, 1.807) is 0 Å². The molecule has 0 spiro atoms. The largest absolute Gasteiger partial charge is 1.00 e. The third kappa shape index (κ3) is 7.69. The van der Waals surface area contributed by atoms with Crippen LogP contribution in [0.3, 0.4) is 0 Å². The maximum atomic E-state index is 13.2. The van der Waals surface area contributed by atoms with E-state index in [1.807, 2.05) is 6.92 Å². The van der Waals surface area contributed by atoms with E-state index >= 15 is 0 Å². The summed E-state index contributed by atoms with van der Waals surface area (Å²) < 4.78 is 0.775. The van der Waals surface area contributed by atoms with Crippen LogP contribution in [0.1, 0.15) is 112 Å². The molecule has 7 nitrogen and oxygen atoms in total. The molecule has 4 aliphatic rings. The normalized spacial score (nSPS) is 36.4. The number of carboxylic acids is 2. The fourth-order valence-corrected chi connectivity index (χ4v) is 11.6. The predicted molar refractivity (Wildman–Crippen MR) is 184 cm³/mol. The van der Waals surface area contributed by atoms with Crippen molar-refractivity contribution in [3.8, 4) is 0 Å². The molecule has 0 radical (unpaired) electrons. The fraction of sp³-hybridized carbons (Fsp3) is 0.872. The summed E-state index contributed by atoms with van der Waals surface area (Å²) in [7, 11) is 8.54. The monoisotopic (exact) mass is 770 g/mol. The highest BCUT2D eigenvalue weighted by molar-refractivity contribution is 6.37. The second-order valence-corrected chi connectivity index (χ2v) is 18.2. The molecular weight excluding hydrogens is 703 g/mol. The summed E-state index contributed by atoms with van der Waals surface area (Å²) in [6.45, 7) is 15.8. The Balaban J connectivity index is 0.00000600. The molecule has 270 valence electrons. The lowest BCUT2D eigenvalue weighted by atomic mass is 9.43. The molecule has 0 heterocycles. The molecule has 0 bridgehead atoms. The number of carboxylic acid groups (broad SMARTS) is 2. The van der Waals surface area contributed by atoms with E-state index in [1.165, 1.54) is 50.5 Å². The Hall–Kier alpha value is -1.00. The first-order chi connectivity index (χ1) is 21.3. The van der Waals surface area contributed by atoms with Crippen molar-refractivity contribution in [2.24, 2.45) is 57.7 Å². The molecule has 4 aliphatic carbocycles. The molecule has 0 aromatic heterocycles. The number of quaternary nitrogens is 1. The van der Waals surface area contributed by atoms with Crippen molar-refractivity contribution in [1.82, 2.24) is 4.90 Å². The maximum Gasteiger partial charge on any atom is 0.373 e. The highest BCUT2D eigenvalue weighted by Crippen LogP contribution is 2.69. The van der Waals surface area contributed by atoms with Gasteiger partial charge in [-0.05, 0) is 105 Å². The zero-order valence-corrected chi connectivity index (χ0v) is 33.4. The molecule has 10 atom stereocenters. The first-order valence-electron chi connectivity index (χ1n) is 18.5. The summed E-state index contributed by atoms with van der Waals surface area (Å²) >= 11 is 0. The van der Waals surface area contributed by atoms with Crippen LogP contribution in [0.25, 0.3) is 0 Å². The van der Waals surface area contributed by atoms with Gasteiger partial charge in [-0.2, -0.15) is 0 Å². The van der Waals surface area contributed by atoms with Crippen LogP contribution in [0.2, 0.25) is 0 Å². The molecule has 8 heteroatoms. The van der Waals surface area contributed by atoms with Gasteiger partial charge in [-0.1, -0.05) is 72.5 Å². The van der Waals surface area contributed by atoms with Crippen molar-refractivity contribution in [3.63, 3.8) is 0 Å². The first-order valence-corrected chi connectivity index (χ1v) is 18.5. The van der Waals surface area contributed by atoms with Gasteiger partial charge in [-0.25, -0.2) is 4.79 Å². The molecule has 0 amide bonds. The Kier molecular flexibility index (Phi) is 13.0. The van der Waals surface area contributed by atoms with Crippen molar-refractivity contribution >= 4 is 17.7 Å². The van der Waals surface area contributed by atoms with E-state index in [9.17, 15) is 24.6 Å². The number of hydrogen-bond donors (Lipinski definition) is 2. The summed E-state index contributed by atoms with van der Waals surface area (Å²) in [6.07, 6.45) is 14.3. The molecule has 2 N–H and O–H groups in total. The topological polar surface area (TPSA) is 94.9 Å². The minimum atomic E-state index is -1.64. The molecule has 47 heavy (non-hydrogen) atoms. The lowest BCUT2D eigenvalue weighted by Gasteiger charge is -2.63. The molecule has 0 saturated heterocycles. The molecule has 3 saturated carbocycles. The zero-order valence-electron chi connectivity index (χ0n) is 31.3. The van der Waals surface area contributed by atoms with E-state index < -0.39 is 29.1 Å². The third-order valence-electron chi connectivity index (χ3n) is 14.2. The quantitative estimate of drug-likeness (QED) is 0.0896. The standard InChI is InChI=1S/C39H66N2O5.HI/c1-11-39(33(35(43)44)34(42)36(45)46)23-27-15-16-28-30-18-17-29(26(4)14-12-13-25(2)3)37(30,5)20-19-31(28)38(27,6)24-32(39)40(7)21-22-41(8,9)10;/h15,25-26,28-33H,11-14,16-24H2,1-10H3,(H-,43,44,45,46);1H/t26-,28?,29-,30?,31?,32?,33+,37-,38+,39?;/m1./s1. The number of halogens is 1. The number of carbonyl (C=O) groups is 3. The van der Waals surface area contributed by atoms with Gasteiger partial charge in [0.2, 0.25) is 0 Å². The van der Waals surface area contributed by atoms with Crippen molar-refractivity contribution < 1.29 is 53.1 Å². The van der Waals surface area contributed by atoms with Crippen LogP contribution >= 0.6 is 0 Å². The van der Waals surface area contributed by atoms with Crippen LogP contribution in [0.4, 0.5) is 0 Å². The molecule has 4 rings (SSSR count). The average molecular weight is 771 g/mol.